The van der Waals surface area contributed by atoms with E-state index in [-0.39, 0.29) is 55.7 Å². The fourth-order valence-electron chi connectivity index (χ4n) is 14.7. The fraction of sp³-hybridized carbons (Fsp3) is 0.344. The highest BCUT2D eigenvalue weighted by molar-refractivity contribution is 8.39. The number of piperidine rings is 1. The number of amides is 2. The second-order valence-corrected chi connectivity index (χ2v) is 38.7. The molecule has 2 saturated heterocycles. The number of furan rings is 1. The van der Waals surface area contributed by atoms with Gasteiger partial charge in [-0.3, -0.25) is 54.2 Å². The summed E-state index contributed by atoms with van der Waals surface area (Å²) in [6, 6.07) is 45.3. The minimum absolute atomic E-state index is 0. The molecular weight excluding hydrogens is 1780 g/mol. The highest BCUT2D eigenvalue weighted by atomic mass is 35.5. The maximum Gasteiger partial charge on any atom is 0.341 e. The molecule has 0 bridgehead atoms. The van der Waals surface area contributed by atoms with Crippen molar-refractivity contribution in [3.8, 4) is 50.9 Å². The van der Waals surface area contributed by atoms with E-state index >= 15 is 0 Å². The number of carbonyl (C=O) groups is 5. The Bertz CT molecular complexity index is 6270. The second kappa shape index (κ2) is 48.3. The van der Waals surface area contributed by atoms with E-state index in [1.807, 2.05) is 85.7 Å². The lowest BCUT2D eigenvalue weighted by Gasteiger charge is -2.35. The molecule has 2 amide bonds. The van der Waals surface area contributed by atoms with Crippen LogP contribution in [0, 0.1) is 48.7 Å². The lowest BCUT2D eigenvalue weighted by molar-refractivity contribution is -0.131. The van der Waals surface area contributed by atoms with Gasteiger partial charge in [-0.2, -0.15) is 5.26 Å². The molecule has 34 heteroatoms. The number of ketones is 2. The third kappa shape index (κ3) is 26.7. The number of ether oxygens (including phenoxy) is 3. The van der Waals surface area contributed by atoms with E-state index in [1.54, 1.807) is 96.6 Å². The Morgan fingerprint density at radius 2 is 1.54 bits per heavy atom. The predicted molar refractivity (Wildman–Crippen MR) is 532 cm³/mol. The molecule has 27 nitrogen and oxygen atoms in total. The van der Waals surface area contributed by atoms with Gasteiger partial charge in [-0.15, -0.1) is 11.3 Å². The summed E-state index contributed by atoms with van der Waals surface area (Å²) < 4.78 is 41.6. The lowest BCUT2D eigenvalue weighted by Crippen LogP contribution is -2.43. The molecule has 12 aromatic rings. The van der Waals surface area contributed by atoms with E-state index in [4.69, 9.17) is 65.5 Å². The molecule has 17 rings (SSSR count). The number of nitrogens with zero attached hydrogens (tertiary/aromatic N) is 12. The summed E-state index contributed by atoms with van der Waals surface area (Å²) in [5.74, 6) is 8.02. The number of carbonyl (C=O) groups excluding carboxylic acids is 5. The molecule has 130 heavy (non-hydrogen) atoms. The van der Waals surface area contributed by atoms with Gasteiger partial charge < -0.3 is 43.6 Å². The molecule has 2 fully saturated rings. The van der Waals surface area contributed by atoms with Crippen LogP contribution in [0.3, 0.4) is 0 Å². The van der Waals surface area contributed by atoms with Gasteiger partial charge in [0.05, 0.1) is 133 Å². The number of esters is 1. The van der Waals surface area contributed by atoms with Crippen molar-refractivity contribution in [2.45, 2.75) is 92.8 Å². The first kappa shape index (κ1) is 101. The molecule has 0 spiro atoms. The number of aromatic nitrogens is 6. The van der Waals surface area contributed by atoms with Crippen molar-refractivity contribution >= 4 is 163 Å². The minimum atomic E-state index is -2.77. The Hall–Kier alpha value is -10.9. The molecule has 6 aromatic carbocycles. The summed E-state index contributed by atoms with van der Waals surface area (Å²) in [6.07, 6.45) is 5.32. The Morgan fingerprint density at radius 1 is 0.815 bits per heavy atom. The predicted octanol–water partition coefficient (Wildman–Crippen LogP) is 18.1. The summed E-state index contributed by atoms with van der Waals surface area (Å²) in [6.45, 7) is 24.0. The average molecular weight is 1890 g/mol. The molecule has 5 N–H and O–H groups in total. The van der Waals surface area contributed by atoms with Crippen LogP contribution in [0.1, 0.15) is 124 Å². The highest BCUT2D eigenvalue weighted by Crippen LogP contribution is 2.46. The minimum Gasteiger partial charge on any atom is -0.497 e. The van der Waals surface area contributed by atoms with Crippen LogP contribution in [0.4, 0.5) is 5.69 Å². The van der Waals surface area contributed by atoms with Crippen molar-refractivity contribution in [1.82, 2.24) is 49.7 Å². The number of Topliss-reactive ketones (excluding diaryl/α,β-unsaturated/α-hetero) is 2. The summed E-state index contributed by atoms with van der Waals surface area (Å²) in [5, 5.41) is 38.7. The second-order valence-electron chi connectivity index (χ2n) is 31.0. The Labute approximate surface area is 785 Å². The van der Waals surface area contributed by atoms with E-state index < -0.39 is 9.71 Å². The van der Waals surface area contributed by atoms with E-state index in [0.29, 0.717) is 96.8 Å². The van der Waals surface area contributed by atoms with Crippen LogP contribution in [0.25, 0.3) is 72.4 Å². The molecule has 4 aliphatic heterocycles. The van der Waals surface area contributed by atoms with E-state index in [0.717, 1.165) is 177 Å². The number of aliphatic imine (C=N–C) groups is 2. The zero-order valence-corrected chi connectivity index (χ0v) is 78.7. The van der Waals surface area contributed by atoms with Crippen molar-refractivity contribution < 1.29 is 51.3 Å². The van der Waals surface area contributed by atoms with Crippen LogP contribution in [-0.4, -0.2) is 217 Å². The molecule has 6 aromatic heterocycles. The Kier molecular flexibility index (Phi) is 37.6. The number of morpholine rings is 1. The third-order valence-electron chi connectivity index (χ3n) is 21.1. The standard InChI is InChI=1S/C23H29N5O2S.C19H27N3O2.C19H13N3OS.C14H17N3O4.C10H9NOS.C9H8ClNOS3.2CH4/c1-14-8-15(2)12-27(11-14)20(29)13-31-23-26-19-10-25-16(3)21(19)22(24)28(23)17-6-5-7-18(9-17)30-4;1-6-24-19(23)16-12-21-17-14(3)13(2)8-9-15(17)18(16)20-10-7-11-22(4)5;1-24(20,23)12-8-9-15-16(10-12)22-19-14-7-3-5-11-4-2-6-13(17(11)14)18(19)21-15;18-14(15-3-4-17-5-8-19-9-6-17)11-10-13(21-16-11)12-2-1-7-20-12;1-8-2-4-9(5-3-8)10(12)6-13-7-11;10-8-2-1-7(15-8)6(12)5-14-9-11-3-4-13-9;;/h5-7,9,14-15,24H,8,10-13H2,1-4H3;8-9,12H,6-7,10-11H2,1-5H3,(H,20,21);2-10H,1H2,(H2,20,23);1-2,7,10H,3-6,8-9H2,(H,15,18);2-5H,6H2,1H3;1-2H,3-5H2;2*1H4. The summed E-state index contributed by atoms with van der Waals surface area (Å²) >= 11 is 12.7. The van der Waals surface area contributed by atoms with E-state index in [9.17, 15) is 28.2 Å². The zero-order chi connectivity index (χ0) is 91.1. The van der Waals surface area contributed by atoms with Gasteiger partial charge in [0.1, 0.15) is 26.6 Å². The number of nitriles is 1. The van der Waals surface area contributed by atoms with E-state index in [2.05, 4.69) is 119 Å². The number of pyridine rings is 1. The number of likely N-dealkylation sites (tertiary alicyclic amines) is 1. The van der Waals surface area contributed by atoms with Crippen molar-refractivity contribution in [1.29, 1.82) is 10.7 Å². The van der Waals surface area contributed by atoms with E-state index in [1.165, 1.54) is 57.6 Å². The lowest BCUT2D eigenvalue weighted by atomic mass is 9.92. The maximum absolute atomic E-state index is 13.0. The number of hydrogen-bond acceptors (Lipinski definition) is 28. The third-order valence-corrected chi connectivity index (χ3v) is 27.2. The number of anilines is 1. The number of nitrogens with one attached hydrogen (secondary N) is 3. The molecule has 684 valence electrons. The number of hydrogen-bond donors (Lipinski definition) is 4. The van der Waals surface area contributed by atoms with Crippen molar-refractivity contribution in [3.05, 3.63) is 218 Å². The van der Waals surface area contributed by atoms with Crippen LogP contribution < -0.4 is 26.0 Å². The van der Waals surface area contributed by atoms with Crippen LogP contribution in [0.2, 0.25) is 4.34 Å². The first-order valence-corrected chi connectivity index (χ1v) is 48.6. The van der Waals surface area contributed by atoms with Gasteiger partial charge in [-0.1, -0.05) is 165 Å². The molecule has 3 atom stereocenters. The van der Waals surface area contributed by atoms with Gasteiger partial charge in [0.15, 0.2) is 28.2 Å². The monoisotopic (exact) mass is 1890 g/mol. The summed E-state index contributed by atoms with van der Waals surface area (Å²) in [5.41, 5.74) is 15.5. The number of aryl methyl sites for hydroxylation is 3. The Balaban J connectivity index is 0.000000165. The quantitative estimate of drug-likeness (QED) is 0.00830. The van der Waals surface area contributed by atoms with Crippen LogP contribution in [-0.2, 0) is 30.5 Å². The number of thiocyanates is 1. The number of methoxy groups -OCH3 is 1. The number of nitrogens with two attached hydrogens (primary N) is 1. The normalized spacial score (nSPS) is 14.9. The molecule has 3 unspecified atom stereocenters. The van der Waals surface area contributed by atoms with Crippen molar-refractivity contribution in [3.63, 3.8) is 0 Å². The zero-order valence-electron chi connectivity index (χ0n) is 73.1. The summed E-state index contributed by atoms with van der Waals surface area (Å²) in [7, 11) is 2.96. The molecule has 10 heterocycles. The number of rotatable bonds is 24. The number of fused-ring (bicyclic) bond motifs is 6. The van der Waals surface area contributed by atoms with Gasteiger partial charge in [0, 0.05) is 108 Å². The topological polar surface area (TPSA) is 358 Å². The number of benzene rings is 6. The number of thiophene rings is 1. The Morgan fingerprint density at radius 3 is 2.19 bits per heavy atom. The first-order chi connectivity index (χ1) is 61.7. The van der Waals surface area contributed by atoms with Crippen molar-refractivity contribution in [2.24, 2.45) is 27.0 Å². The van der Waals surface area contributed by atoms with Crippen LogP contribution >= 0.6 is 70.0 Å². The summed E-state index contributed by atoms with van der Waals surface area (Å²) in [4.78, 5) is 95.5. The first-order valence-electron chi connectivity index (χ1n) is 41.7. The molecule has 1 aliphatic carbocycles. The molecule has 5 aliphatic rings. The van der Waals surface area contributed by atoms with Crippen molar-refractivity contribution in [2.75, 3.05) is 128 Å². The van der Waals surface area contributed by atoms with Gasteiger partial charge in [-0.05, 0) is 169 Å². The maximum atomic E-state index is 13.0. The fourth-order valence-corrected chi connectivity index (χ4v) is 19.6. The largest absolute Gasteiger partial charge is 0.497 e. The molecular formula is C96H111ClN16O11S6. The molecule has 0 radical (unpaired) electrons. The SMILES string of the molecule is C.C.C=S(N)(=O)c1ccc2nc3c(nc2c1)-c1cccc2cccc-3c12.CCOC(=O)c1cnc2c(C)c(C)ccc2c1NCCCN(C)C.COc1cccc(-n2c(SCC(=O)N3CC(C)CC(C)C3)nc3c(c2=N)C(C)=NC3)c1.Cc1ccc(C(=O)CSC#N)cc1.O=C(CSC1=NCCS1)c1ccc(Cl)s1.O=C(NCCN1CCOCC1)c1cc(-c2ccco2)on1. The number of thioether (sulfide) groups is 4. The smallest absolute Gasteiger partial charge is 0.341 e. The average Bonchev–Trinajstić information content (AvgIpc) is 1.57. The van der Waals surface area contributed by atoms with Gasteiger partial charge in [0.2, 0.25) is 11.7 Å². The van der Waals surface area contributed by atoms with Gasteiger partial charge in [-0.25, -0.2) is 24.0 Å². The number of halogens is 1. The van der Waals surface area contributed by atoms with Gasteiger partial charge in [0.25, 0.3) is 5.91 Å². The molecule has 0 saturated carbocycles. The van der Waals surface area contributed by atoms with Gasteiger partial charge >= 0.3 is 5.97 Å². The highest BCUT2D eigenvalue weighted by Gasteiger charge is 2.30. The van der Waals surface area contributed by atoms with Crippen LogP contribution in [0.15, 0.2) is 187 Å². The van der Waals surface area contributed by atoms with Crippen LogP contribution in [0.5, 0.6) is 5.75 Å².